The van der Waals surface area contributed by atoms with Gasteiger partial charge in [0.15, 0.2) is 0 Å². The highest BCUT2D eigenvalue weighted by atomic mass is 15.3. The van der Waals surface area contributed by atoms with E-state index in [1.54, 1.807) is 0 Å². The maximum absolute atomic E-state index is 3.61. The van der Waals surface area contributed by atoms with Crippen LogP contribution >= 0.6 is 0 Å². The van der Waals surface area contributed by atoms with Crippen molar-refractivity contribution in [2.24, 2.45) is 5.92 Å². The molecule has 1 aliphatic carbocycles. The van der Waals surface area contributed by atoms with E-state index in [1.807, 2.05) is 0 Å². The summed E-state index contributed by atoms with van der Waals surface area (Å²) in [6.07, 6.45) is 4.35. The van der Waals surface area contributed by atoms with E-state index in [0.717, 1.165) is 12.5 Å². The Morgan fingerprint density at radius 2 is 2.00 bits per heavy atom. The average molecular weight is 211 g/mol. The molecule has 0 spiro atoms. The molecule has 1 saturated carbocycles. The molecule has 3 heteroatoms. The summed E-state index contributed by atoms with van der Waals surface area (Å²) in [4.78, 5) is 4.93. The maximum Gasteiger partial charge on any atom is 0.0345 e. The Kier molecular flexibility index (Phi) is 4.00. The fourth-order valence-electron chi connectivity index (χ4n) is 2.30. The lowest BCUT2D eigenvalue weighted by atomic mass is 10.2. The SMILES string of the molecule is CN1CCN(C)C(CNCCC2CC2)C1. The van der Waals surface area contributed by atoms with E-state index in [0.29, 0.717) is 6.04 Å². The van der Waals surface area contributed by atoms with E-state index < -0.39 is 0 Å². The quantitative estimate of drug-likeness (QED) is 0.673. The minimum Gasteiger partial charge on any atom is -0.315 e. The third-order valence-corrected chi connectivity index (χ3v) is 3.79. The van der Waals surface area contributed by atoms with Crippen LogP contribution in [0.3, 0.4) is 0 Å². The molecular weight excluding hydrogens is 186 g/mol. The van der Waals surface area contributed by atoms with Gasteiger partial charge in [-0.25, -0.2) is 0 Å². The molecule has 1 unspecified atom stereocenters. The molecule has 1 aliphatic heterocycles. The van der Waals surface area contributed by atoms with E-state index in [9.17, 15) is 0 Å². The average Bonchev–Trinajstić information content (AvgIpc) is 3.01. The zero-order valence-corrected chi connectivity index (χ0v) is 10.2. The standard InChI is InChI=1S/C12H25N3/c1-14-7-8-15(2)12(10-14)9-13-6-5-11-3-4-11/h11-13H,3-10H2,1-2H3. The van der Waals surface area contributed by atoms with E-state index in [1.165, 1.54) is 45.4 Å². The fraction of sp³-hybridized carbons (Fsp3) is 1.00. The molecular formula is C12H25N3. The molecule has 1 saturated heterocycles. The topological polar surface area (TPSA) is 18.5 Å². The molecule has 0 radical (unpaired) electrons. The van der Waals surface area contributed by atoms with Crippen LogP contribution in [0.4, 0.5) is 0 Å². The van der Waals surface area contributed by atoms with Crippen LogP contribution in [0, 0.1) is 5.92 Å². The molecule has 88 valence electrons. The predicted octanol–water partition coefficient (Wildman–Crippen LogP) is 0.622. The molecule has 1 atom stereocenters. The van der Waals surface area contributed by atoms with Gasteiger partial charge in [-0.2, -0.15) is 0 Å². The van der Waals surface area contributed by atoms with Crippen molar-refractivity contribution in [1.82, 2.24) is 15.1 Å². The predicted molar refractivity (Wildman–Crippen MR) is 64.1 cm³/mol. The lowest BCUT2D eigenvalue weighted by Crippen LogP contribution is -2.53. The summed E-state index contributed by atoms with van der Waals surface area (Å²) in [6, 6.07) is 0.711. The van der Waals surface area contributed by atoms with E-state index >= 15 is 0 Å². The molecule has 2 aliphatic rings. The number of likely N-dealkylation sites (N-methyl/N-ethyl adjacent to an activating group) is 2. The Morgan fingerprint density at radius 1 is 1.20 bits per heavy atom. The first-order valence-electron chi connectivity index (χ1n) is 6.35. The summed E-state index contributed by atoms with van der Waals surface area (Å²) in [5.74, 6) is 1.06. The highest BCUT2D eigenvalue weighted by molar-refractivity contribution is 4.81. The minimum atomic E-state index is 0.711. The molecule has 0 aromatic rings. The summed E-state index contributed by atoms with van der Waals surface area (Å²) < 4.78 is 0. The minimum absolute atomic E-state index is 0.711. The highest BCUT2D eigenvalue weighted by Crippen LogP contribution is 2.31. The largest absolute Gasteiger partial charge is 0.315 e. The van der Waals surface area contributed by atoms with Gasteiger partial charge in [0.1, 0.15) is 0 Å². The van der Waals surface area contributed by atoms with Crippen molar-refractivity contribution in [3.05, 3.63) is 0 Å². The first kappa shape index (κ1) is 11.4. The van der Waals surface area contributed by atoms with Gasteiger partial charge < -0.3 is 10.2 Å². The number of hydrogen-bond acceptors (Lipinski definition) is 3. The molecule has 1 N–H and O–H groups in total. The van der Waals surface area contributed by atoms with Crippen molar-refractivity contribution in [3.8, 4) is 0 Å². The smallest absolute Gasteiger partial charge is 0.0345 e. The second-order valence-corrected chi connectivity index (χ2v) is 5.33. The first-order valence-corrected chi connectivity index (χ1v) is 6.35. The first-order chi connectivity index (χ1) is 7.25. The van der Waals surface area contributed by atoms with Crippen LogP contribution in [0.5, 0.6) is 0 Å². The number of piperazine rings is 1. The van der Waals surface area contributed by atoms with E-state index in [2.05, 4.69) is 29.2 Å². The van der Waals surface area contributed by atoms with E-state index in [-0.39, 0.29) is 0 Å². The maximum atomic E-state index is 3.61. The monoisotopic (exact) mass is 211 g/mol. The van der Waals surface area contributed by atoms with Crippen LogP contribution < -0.4 is 5.32 Å². The van der Waals surface area contributed by atoms with Gasteiger partial charge in [-0.05, 0) is 33.0 Å². The lowest BCUT2D eigenvalue weighted by Gasteiger charge is -2.37. The third kappa shape index (κ3) is 3.74. The Balaban J connectivity index is 1.58. The van der Waals surface area contributed by atoms with Gasteiger partial charge in [-0.3, -0.25) is 4.90 Å². The zero-order valence-electron chi connectivity index (χ0n) is 10.2. The molecule has 2 rings (SSSR count). The molecule has 1 heterocycles. The van der Waals surface area contributed by atoms with Gasteiger partial charge in [0.05, 0.1) is 0 Å². The fourth-order valence-corrected chi connectivity index (χ4v) is 2.30. The van der Waals surface area contributed by atoms with Crippen LogP contribution in [-0.2, 0) is 0 Å². The van der Waals surface area contributed by atoms with Crippen LogP contribution in [-0.4, -0.2) is 62.7 Å². The third-order valence-electron chi connectivity index (χ3n) is 3.79. The van der Waals surface area contributed by atoms with Crippen molar-refractivity contribution < 1.29 is 0 Å². The Morgan fingerprint density at radius 3 is 2.73 bits per heavy atom. The van der Waals surface area contributed by atoms with Crippen LogP contribution in [0.25, 0.3) is 0 Å². The normalized spacial score (nSPS) is 29.6. The molecule has 0 aromatic heterocycles. The summed E-state index contributed by atoms with van der Waals surface area (Å²) in [7, 11) is 4.48. The highest BCUT2D eigenvalue weighted by Gasteiger charge is 2.23. The Bertz CT molecular complexity index is 191. The zero-order chi connectivity index (χ0) is 10.7. The molecule has 2 fully saturated rings. The molecule has 3 nitrogen and oxygen atoms in total. The van der Waals surface area contributed by atoms with Gasteiger partial charge in [-0.15, -0.1) is 0 Å². The van der Waals surface area contributed by atoms with Gasteiger partial charge in [-0.1, -0.05) is 12.8 Å². The summed E-state index contributed by atoms with van der Waals surface area (Å²) in [6.45, 7) is 6.03. The van der Waals surface area contributed by atoms with Gasteiger partial charge in [0, 0.05) is 32.2 Å². The second kappa shape index (κ2) is 5.28. The number of nitrogens with zero attached hydrogens (tertiary/aromatic N) is 2. The van der Waals surface area contributed by atoms with Gasteiger partial charge >= 0.3 is 0 Å². The summed E-state index contributed by atoms with van der Waals surface area (Å²) in [5, 5.41) is 3.61. The van der Waals surface area contributed by atoms with Crippen molar-refractivity contribution >= 4 is 0 Å². The van der Waals surface area contributed by atoms with Crippen molar-refractivity contribution in [2.75, 3.05) is 46.8 Å². The number of hydrogen-bond donors (Lipinski definition) is 1. The summed E-state index contributed by atoms with van der Waals surface area (Å²) in [5.41, 5.74) is 0. The number of nitrogens with one attached hydrogen (secondary N) is 1. The number of rotatable bonds is 5. The van der Waals surface area contributed by atoms with Crippen molar-refractivity contribution in [2.45, 2.75) is 25.3 Å². The van der Waals surface area contributed by atoms with Crippen molar-refractivity contribution in [1.29, 1.82) is 0 Å². The van der Waals surface area contributed by atoms with Gasteiger partial charge in [0.2, 0.25) is 0 Å². The van der Waals surface area contributed by atoms with E-state index in [4.69, 9.17) is 0 Å². The van der Waals surface area contributed by atoms with Crippen molar-refractivity contribution in [3.63, 3.8) is 0 Å². The van der Waals surface area contributed by atoms with Crippen LogP contribution in [0.2, 0.25) is 0 Å². The Hall–Kier alpha value is -0.120. The van der Waals surface area contributed by atoms with Gasteiger partial charge in [0.25, 0.3) is 0 Å². The summed E-state index contributed by atoms with van der Waals surface area (Å²) >= 11 is 0. The molecule has 15 heavy (non-hydrogen) atoms. The Labute approximate surface area is 93.8 Å². The van der Waals surface area contributed by atoms with Crippen LogP contribution in [0.1, 0.15) is 19.3 Å². The molecule has 0 bridgehead atoms. The lowest BCUT2D eigenvalue weighted by molar-refractivity contribution is 0.113. The molecule has 0 amide bonds. The second-order valence-electron chi connectivity index (χ2n) is 5.33. The van der Waals surface area contributed by atoms with Crippen LogP contribution in [0.15, 0.2) is 0 Å². The molecule has 0 aromatic carbocycles.